The Balaban J connectivity index is 2.24. The number of carboxylic acid groups (broad SMARTS) is 1. The first-order valence-corrected chi connectivity index (χ1v) is 10.5. The summed E-state index contributed by atoms with van der Waals surface area (Å²) < 4.78 is 0. The zero-order valence-corrected chi connectivity index (χ0v) is 19.1. The highest BCUT2D eigenvalue weighted by Gasteiger charge is 2.43. The van der Waals surface area contributed by atoms with Crippen molar-refractivity contribution < 1.29 is 24.3 Å². The van der Waals surface area contributed by atoms with Gasteiger partial charge in [0.25, 0.3) is 5.91 Å². The average Bonchev–Trinajstić information content (AvgIpc) is 2.83. The summed E-state index contributed by atoms with van der Waals surface area (Å²) in [6, 6.07) is 11.4. The van der Waals surface area contributed by atoms with E-state index in [1.807, 2.05) is 13.0 Å². The van der Waals surface area contributed by atoms with Gasteiger partial charge in [0.05, 0.1) is 17.9 Å². The number of carbonyl (C=O) groups excluding carboxylic acids is 3. The number of urea groups is 1. The van der Waals surface area contributed by atoms with Crippen molar-refractivity contribution >= 4 is 40.9 Å². The van der Waals surface area contributed by atoms with Crippen molar-refractivity contribution in [3.8, 4) is 0 Å². The summed E-state index contributed by atoms with van der Waals surface area (Å²) in [5.74, 6) is -2.15. The van der Waals surface area contributed by atoms with Crippen LogP contribution < -0.4 is 20.4 Å². The maximum atomic E-state index is 13.7. The number of primary amides is 1. The Hall–Kier alpha value is -3.88. The van der Waals surface area contributed by atoms with Crippen LogP contribution in [0.2, 0.25) is 0 Å². The lowest BCUT2D eigenvalue weighted by Crippen LogP contribution is -2.58. The number of carboxylic acids is 1. The summed E-state index contributed by atoms with van der Waals surface area (Å²) in [4.78, 5) is 55.1. The van der Waals surface area contributed by atoms with Crippen molar-refractivity contribution in [3.05, 3.63) is 54.1 Å². The minimum atomic E-state index is -1.23. The van der Waals surface area contributed by atoms with Gasteiger partial charge in [0.1, 0.15) is 12.6 Å². The molecule has 0 spiro atoms. The average molecular weight is 453 g/mol. The first-order chi connectivity index (χ1) is 15.4. The zero-order chi connectivity index (χ0) is 24.5. The van der Waals surface area contributed by atoms with Crippen molar-refractivity contribution in [3.63, 3.8) is 0 Å². The molecule has 1 atom stereocenters. The molecule has 0 radical (unpaired) electrons. The van der Waals surface area contributed by atoms with Crippen molar-refractivity contribution in [1.82, 2.24) is 0 Å². The van der Waals surface area contributed by atoms with Crippen molar-refractivity contribution in [2.75, 3.05) is 27.8 Å². The first-order valence-electron chi connectivity index (χ1n) is 10.5. The number of carbonyl (C=O) groups is 4. The normalized spacial score (nSPS) is 16.1. The van der Waals surface area contributed by atoms with E-state index in [0.717, 1.165) is 15.4 Å². The molecule has 1 aliphatic rings. The minimum Gasteiger partial charge on any atom is -0.480 e. The van der Waals surface area contributed by atoms with E-state index < -0.39 is 35.9 Å². The molecule has 0 saturated carbocycles. The van der Waals surface area contributed by atoms with Gasteiger partial charge in [0.15, 0.2) is 0 Å². The van der Waals surface area contributed by atoms with Crippen LogP contribution in [0, 0.1) is 12.3 Å². The number of para-hydroxylation sites is 2. The fourth-order valence-electron chi connectivity index (χ4n) is 3.89. The maximum Gasteiger partial charge on any atom is 0.323 e. The Morgan fingerprint density at radius 1 is 1.09 bits per heavy atom. The molecule has 0 aliphatic carbocycles. The first kappa shape index (κ1) is 23.8. The molecule has 9 heteroatoms. The quantitative estimate of drug-likeness (QED) is 0.738. The van der Waals surface area contributed by atoms with Crippen LogP contribution in [0.5, 0.6) is 0 Å². The predicted octanol–water partition coefficient (Wildman–Crippen LogP) is 2.76. The van der Waals surface area contributed by atoms with Crippen molar-refractivity contribution in [2.45, 2.75) is 33.7 Å². The van der Waals surface area contributed by atoms with Gasteiger partial charge < -0.3 is 15.7 Å². The topological polar surface area (TPSA) is 124 Å². The number of amides is 4. The molecule has 0 aromatic heterocycles. The van der Waals surface area contributed by atoms with Gasteiger partial charge in [0, 0.05) is 11.1 Å². The number of hydrogen-bond acceptors (Lipinski definition) is 4. The molecule has 4 amide bonds. The van der Waals surface area contributed by atoms with Crippen LogP contribution in [0.1, 0.15) is 26.3 Å². The molecule has 2 aromatic rings. The van der Waals surface area contributed by atoms with E-state index in [0.29, 0.717) is 11.4 Å². The number of fused-ring (bicyclic) bond motifs is 1. The van der Waals surface area contributed by atoms with Crippen molar-refractivity contribution in [1.29, 1.82) is 0 Å². The molecule has 0 bridgehead atoms. The van der Waals surface area contributed by atoms with E-state index in [1.165, 1.54) is 4.90 Å². The van der Waals surface area contributed by atoms with Crippen LogP contribution in [0.15, 0.2) is 48.5 Å². The Bertz CT molecular complexity index is 1110. The van der Waals surface area contributed by atoms with E-state index in [4.69, 9.17) is 5.73 Å². The van der Waals surface area contributed by atoms with Gasteiger partial charge in [-0.05, 0) is 36.8 Å². The van der Waals surface area contributed by atoms with Crippen LogP contribution in [0.25, 0.3) is 0 Å². The number of aliphatic carboxylic acids is 1. The number of hydrogen-bond donors (Lipinski definition) is 2. The molecule has 0 saturated heterocycles. The Morgan fingerprint density at radius 2 is 1.73 bits per heavy atom. The Morgan fingerprint density at radius 3 is 2.27 bits per heavy atom. The summed E-state index contributed by atoms with van der Waals surface area (Å²) >= 11 is 0. The molecule has 3 N–H and O–H groups in total. The molecule has 0 fully saturated rings. The summed E-state index contributed by atoms with van der Waals surface area (Å²) in [6.07, 6.45) is 0. The monoisotopic (exact) mass is 452 g/mol. The fraction of sp³-hybridized carbons (Fsp3) is 0.333. The van der Waals surface area contributed by atoms with Gasteiger partial charge in [-0.15, -0.1) is 0 Å². The van der Waals surface area contributed by atoms with E-state index in [1.54, 1.807) is 63.2 Å². The lowest BCUT2D eigenvalue weighted by Gasteiger charge is -2.34. The maximum absolute atomic E-state index is 13.7. The molecule has 9 nitrogen and oxygen atoms in total. The van der Waals surface area contributed by atoms with Crippen LogP contribution in [0.3, 0.4) is 0 Å². The third kappa shape index (κ3) is 4.82. The summed E-state index contributed by atoms with van der Waals surface area (Å²) in [7, 11) is 0. The second-order valence-corrected chi connectivity index (χ2v) is 9.04. The number of benzene rings is 2. The fourth-order valence-corrected chi connectivity index (χ4v) is 3.89. The second-order valence-electron chi connectivity index (χ2n) is 9.04. The van der Waals surface area contributed by atoms with Gasteiger partial charge in [-0.25, -0.2) is 4.79 Å². The molecule has 174 valence electrons. The largest absolute Gasteiger partial charge is 0.480 e. The van der Waals surface area contributed by atoms with Crippen molar-refractivity contribution in [2.24, 2.45) is 11.1 Å². The van der Waals surface area contributed by atoms with E-state index in [9.17, 15) is 24.3 Å². The molecule has 3 rings (SSSR count). The number of nitrogens with two attached hydrogens (primary N) is 1. The molecular weight excluding hydrogens is 424 g/mol. The third-order valence-electron chi connectivity index (χ3n) is 5.38. The van der Waals surface area contributed by atoms with E-state index in [-0.39, 0.29) is 18.1 Å². The van der Waals surface area contributed by atoms with Gasteiger partial charge in [-0.2, -0.15) is 0 Å². The van der Waals surface area contributed by atoms with Gasteiger partial charge in [-0.3, -0.25) is 24.2 Å². The van der Waals surface area contributed by atoms with Gasteiger partial charge >= 0.3 is 12.0 Å². The molecule has 33 heavy (non-hydrogen) atoms. The Kier molecular flexibility index (Phi) is 6.44. The van der Waals surface area contributed by atoms with E-state index in [2.05, 4.69) is 0 Å². The van der Waals surface area contributed by atoms with Crippen LogP contribution in [0.4, 0.5) is 21.9 Å². The Labute approximate surface area is 192 Å². The lowest BCUT2D eigenvalue weighted by atomic mass is 9.94. The predicted molar refractivity (Wildman–Crippen MR) is 125 cm³/mol. The minimum absolute atomic E-state index is 0.182. The number of anilines is 3. The molecule has 1 aliphatic heterocycles. The van der Waals surface area contributed by atoms with E-state index >= 15 is 0 Å². The summed E-state index contributed by atoms with van der Waals surface area (Å²) in [5.41, 5.74) is 6.81. The molecule has 1 unspecified atom stereocenters. The smallest absolute Gasteiger partial charge is 0.323 e. The van der Waals surface area contributed by atoms with Crippen LogP contribution in [-0.2, 0) is 14.4 Å². The number of nitrogens with zero attached hydrogens (tertiary/aromatic N) is 3. The number of aryl methyl sites for hydroxylation is 1. The third-order valence-corrected chi connectivity index (χ3v) is 5.38. The summed E-state index contributed by atoms with van der Waals surface area (Å²) in [5, 5.41) is 9.51. The molecular formula is C24H28N4O5. The molecule has 2 aromatic carbocycles. The zero-order valence-electron chi connectivity index (χ0n) is 19.1. The number of rotatable bonds is 4. The lowest BCUT2D eigenvalue weighted by molar-refractivity contribution is -0.136. The van der Waals surface area contributed by atoms with Gasteiger partial charge in [0.2, 0.25) is 5.91 Å². The SMILES string of the molecule is Cc1cccc(N(C(N)=O)C2CN(C(=O)C(C)(C)C)c3ccccc3N(CC(=O)O)C2=O)c1. The van der Waals surface area contributed by atoms with Crippen LogP contribution in [-0.4, -0.2) is 48.1 Å². The molecule has 1 heterocycles. The highest BCUT2D eigenvalue weighted by molar-refractivity contribution is 6.13. The summed E-state index contributed by atoms with van der Waals surface area (Å²) in [6.45, 7) is 6.27. The highest BCUT2D eigenvalue weighted by atomic mass is 16.4. The highest BCUT2D eigenvalue weighted by Crippen LogP contribution is 2.37. The second kappa shape index (κ2) is 8.93. The van der Waals surface area contributed by atoms with Crippen LogP contribution >= 0.6 is 0 Å². The van der Waals surface area contributed by atoms with Gasteiger partial charge in [-0.1, -0.05) is 45.0 Å². The standard InChI is InChI=1S/C24H28N4O5/c1-15-8-7-9-16(12-15)28(23(25)33)19-13-27(22(32)24(2,3)4)18-11-6-5-10-17(18)26(21(19)31)14-20(29)30/h5-12,19H,13-14H2,1-4H3,(H2,25,33)(H,29,30).